The van der Waals surface area contributed by atoms with Gasteiger partial charge in [-0.2, -0.15) is 0 Å². The molecule has 23 heavy (non-hydrogen) atoms. The van der Waals surface area contributed by atoms with E-state index in [9.17, 15) is 5.11 Å². The van der Waals surface area contributed by atoms with Crippen LogP contribution in [0.15, 0.2) is 23.3 Å². The van der Waals surface area contributed by atoms with E-state index in [0.29, 0.717) is 23.7 Å². The summed E-state index contributed by atoms with van der Waals surface area (Å²) in [5, 5.41) is 9.55. The van der Waals surface area contributed by atoms with Crippen molar-refractivity contribution in [3.8, 4) is 0 Å². The standard InChI is InChI=1S/C20H32O3/c1-13-6-7-16(14(2)10-21)8-17-15(3)20(9-18(13)17)22-11-19(4,5)12-23-20/h6-7,13-14,16,18,21H,8-12H2,1-5H3/t13-,14?,16+,18+/m0/s1. The van der Waals surface area contributed by atoms with E-state index in [-0.39, 0.29) is 12.0 Å². The lowest BCUT2D eigenvalue weighted by Crippen LogP contribution is -2.47. The van der Waals surface area contributed by atoms with Gasteiger partial charge in [0.1, 0.15) is 0 Å². The van der Waals surface area contributed by atoms with Crippen LogP contribution in [0.1, 0.15) is 47.5 Å². The van der Waals surface area contributed by atoms with Crippen LogP contribution >= 0.6 is 0 Å². The summed E-state index contributed by atoms with van der Waals surface area (Å²) in [6.45, 7) is 12.8. The van der Waals surface area contributed by atoms with Crippen LogP contribution in [0.25, 0.3) is 0 Å². The average molecular weight is 320 g/mol. The highest BCUT2D eigenvalue weighted by atomic mass is 16.7. The molecule has 2 aliphatic carbocycles. The lowest BCUT2D eigenvalue weighted by molar-refractivity contribution is -0.279. The van der Waals surface area contributed by atoms with Crippen molar-refractivity contribution in [2.24, 2.45) is 29.1 Å². The molecular weight excluding hydrogens is 288 g/mol. The molecule has 1 N–H and O–H groups in total. The van der Waals surface area contributed by atoms with Crippen LogP contribution < -0.4 is 0 Å². The third-order valence-corrected chi connectivity index (χ3v) is 6.15. The number of ether oxygens (including phenoxy) is 2. The molecule has 3 heteroatoms. The Hall–Kier alpha value is -0.640. The van der Waals surface area contributed by atoms with Crippen LogP contribution in [-0.4, -0.2) is 30.7 Å². The first-order valence-corrected chi connectivity index (χ1v) is 9.05. The summed E-state index contributed by atoms with van der Waals surface area (Å²) in [6, 6.07) is 0. The molecule has 0 amide bonds. The third-order valence-electron chi connectivity index (χ3n) is 6.15. The van der Waals surface area contributed by atoms with Gasteiger partial charge in [0.25, 0.3) is 0 Å². The number of aliphatic hydroxyl groups excluding tert-OH is 1. The largest absolute Gasteiger partial charge is 0.396 e. The highest BCUT2D eigenvalue weighted by molar-refractivity contribution is 5.33. The third kappa shape index (κ3) is 3.04. The van der Waals surface area contributed by atoms with E-state index in [4.69, 9.17) is 9.47 Å². The fourth-order valence-electron chi connectivity index (χ4n) is 4.24. The van der Waals surface area contributed by atoms with Gasteiger partial charge < -0.3 is 14.6 Å². The van der Waals surface area contributed by atoms with Crippen LogP contribution in [0.4, 0.5) is 0 Å². The Bertz CT molecular complexity index is 507. The SMILES string of the molecule is CC1=C2C[C@H](C(C)CO)C=C[C@H](C)[C@H]2CC12OCC(C)(C)CO2. The van der Waals surface area contributed by atoms with Gasteiger partial charge in [-0.25, -0.2) is 0 Å². The normalized spacial score (nSPS) is 36.9. The van der Waals surface area contributed by atoms with E-state index in [1.807, 2.05) is 0 Å². The molecule has 0 saturated carbocycles. The molecule has 1 fully saturated rings. The summed E-state index contributed by atoms with van der Waals surface area (Å²) in [5.41, 5.74) is 2.90. The van der Waals surface area contributed by atoms with Gasteiger partial charge in [-0.05, 0) is 42.6 Å². The molecule has 1 unspecified atom stereocenters. The Morgan fingerprint density at radius 3 is 2.52 bits per heavy atom. The number of allylic oxidation sites excluding steroid dienone is 3. The lowest BCUT2D eigenvalue weighted by atomic mass is 9.84. The van der Waals surface area contributed by atoms with Gasteiger partial charge in [-0.1, -0.05) is 45.4 Å². The van der Waals surface area contributed by atoms with Crippen molar-refractivity contribution in [3.63, 3.8) is 0 Å². The van der Waals surface area contributed by atoms with Crippen LogP contribution in [0.5, 0.6) is 0 Å². The van der Waals surface area contributed by atoms with Crippen molar-refractivity contribution >= 4 is 0 Å². The summed E-state index contributed by atoms with van der Waals surface area (Å²) < 4.78 is 12.6. The molecule has 3 aliphatic rings. The van der Waals surface area contributed by atoms with Gasteiger partial charge in [0.05, 0.1) is 13.2 Å². The Morgan fingerprint density at radius 2 is 1.91 bits per heavy atom. The monoisotopic (exact) mass is 320 g/mol. The average Bonchev–Trinajstić information content (AvgIpc) is 2.68. The molecule has 1 saturated heterocycles. The van der Waals surface area contributed by atoms with Gasteiger partial charge >= 0.3 is 0 Å². The molecule has 1 aliphatic heterocycles. The lowest BCUT2D eigenvalue weighted by Gasteiger charge is -2.43. The molecule has 0 bridgehead atoms. The summed E-state index contributed by atoms with van der Waals surface area (Å²) in [6.07, 6.45) is 6.63. The number of aliphatic hydroxyl groups is 1. The highest BCUT2D eigenvalue weighted by Crippen LogP contribution is 2.52. The molecule has 3 rings (SSSR count). The smallest absolute Gasteiger partial charge is 0.191 e. The van der Waals surface area contributed by atoms with Crippen molar-refractivity contribution in [1.29, 1.82) is 0 Å². The molecule has 1 heterocycles. The molecular formula is C20H32O3. The maximum atomic E-state index is 9.55. The number of fused-ring (bicyclic) bond motifs is 1. The predicted octanol–water partition coefficient (Wildman–Crippen LogP) is 3.93. The first-order chi connectivity index (χ1) is 10.8. The molecule has 3 nitrogen and oxygen atoms in total. The first kappa shape index (κ1) is 17.2. The van der Waals surface area contributed by atoms with Gasteiger partial charge in [-0.15, -0.1) is 0 Å². The van der Waals surface area contributed by atoms with E-state index >= 15 is 0 Å². The van der Waals surface area contributed by atoms with Gasteiger partial charge in [0.15, 0.2) is 5.79 Å². The summed E-state index contributed by atoms with van der Waals surface area (Å²) in [7, 11) is 0. The first-order valence-electron chi connectivity index (χ1n) is 9.05. The van der Waals surface area contributed by atoms with Crippen LogP contribution in [0.2, 0.25) is 0 Å². The quantitative estimate of drug-likeness (QED) is 0.783. The van der Waals surface area contributed by atoms with Crippen LogP contribution in [-0.2, 0) is 9.47 Å². The van der Waals surface area contributed by atoms with Crippen molar-refractivity contribution in [2.75, 3.05) is 19.8 Å². The van der Waals surface area contributed by atoms with Crippen molar-refractivity contribution in [2.45, 2.75) is 53.2 Å². The van der Waals surface area contributed by atoms with Gasteiger partial charge in [-0.3, -0.25) is 0 Å². The van der Waals surface area contributed by atoms with Crippen molar-refractivity contribution in [3.05, 3.63) is 23.3 Å². The minimum absolute atomic E-state index is 0.0975. The van der Waals surface area contributed by atoms with Crippen molar-refractivity contribution in [1.82, 2.24) is 0 Å². The van der Waals surface area contributed by atoms with E-state index in [2.05, 4.69) is 46.8 Å². The number of hydrogen-bond acceptors (Lipinski definition) is 3. The van der Waals surface area contributed by atoms with E-state index < -0.39 is 5.79 Å². The minimum Gasteiger partial charge on any atom is -0.396 e. The van der Waals surface area contributed by atoms with E-state index in [1.54, 1.807) is 0 Å². The number of hydrogen-bond donors (Lipinski definition) is 1. The molecule has 0 aromatic rings. The van der Waals surface area contributed by atoms with Gasteiger partial charge in [0.2, 0.25) is 0 Å². The summed E-state index contributed by atoms with van der Waals surface area (Å²) in [5.74, 6) is 1.21. The Labute approximate surface area is 140 Å². The number of rotatable bonds is 2. The molecule has 0 aromatic carbocycles. The van der Waals surface area contributed by atoms with E-state index in [1.165, 1.54) is 11.1 Å². The predicted molar refractivity (Wildman–Crippen MR) is 91.9 cm³/mol. The molecule has 4 atom stereocenters. The Balaban J connectivity index is 1.88. The highest BCUT2D eigenvalue weighted by Gasteiger charge is 2.51. The molecule has 1 spiro atoms. The van der Waals surface area contributed by atoms with E-state index in [0.717, 1.165) is 26.1 Å². The fourth-order valence-corrected chi connectivity index (χ4v) is 4.24. The van der Waals surface area contributed by atoms with Crippen molar-refractivity contribution < 1.29 is 14.6 Å². The maximum absolute atomic E-state index is 9.55. The zero-order valence-corrected chi connectivity index (χ0v) is 15.3. The zero-order chi connectivity index (χ0) is 16.8. The fraction of sp³-hybridized carbons (Fsp3) is 0.800. The van der Waals surface area contributed by atoms with Crippen LogP contribution in [0.3, 0.4) is 0 Å². The minimum atomic E-state index is -0.498. The zero-order valence-electron chi connectivity index (χ0n) is 15.3. The van der Waals surface area contributed by atoms with Crippen LogP contribution in [0, 0.1) is 29.1 Å². The summed E-state index contributed by atoms with van der Waals surface area (Å²) >= 11 is 0. The summed E-state index contributed by atoms with van der Waals surface area (Å²) in [4.78, 5) is 0. The topological polar surface area (TPSA) is 38.7 Å². The Kier molecular flexibility index (Phi) is 4.50. The maximum Gasteiger partial charge on any atom is 0.191 e. The molecule has 130 valence electrons. The second-order valence-electron chi connectivity index (χ2n) is 8.73. The Morgan fingerprint density at radius 1 is 1.26 bits per heavy atom. The molecule has 0 aromatic heterocycles. The second kappa shape index (κ2) is 6.02. The molecule has 0 radical (unpaired) electrons. The van der Waals surface area contributed by atoms with Gasteiger partial charge in [0, 0.05) is 18.4 Å². The second-order valence-corrected chi connectivity index (χ2v) is 8.73.